The number of ether oxygens (including phenoxy) is 1. The highest BCUT2D eigenvalue weighted by molar-refractivity contribution is 7.18. The summed E-state index contributed by atoms with van der Waals surface area (Å²) in [6.07, 6.45) is 5.31. The van der Waals surface area contributed by atoms with E-state index in [0.29, 0.717) is 64.7 Å². The number of aromatic nitrogens is 4. The molecular formula is C36H34Cl2F2N8O4S. The molecule has 4 N–H and O–H groups in total. The lowest BCUT2D eigenvalue weighted by molar-refractivity contribution is -0.138. The number of pyridine rings is 1. The number of alkyl halides is 2. The van der Waals surface area contributed by atoms with E-state index < -0.39 is 12.6 Å². The predicted molar refractivity (Wildman–Crippen MR) is 199 cm³/mol. The minimum absolute atomic E-state index is 0.0183. The van der Waals surface area contributed by atoms with Crippen molar-refractivity contribution in [1.82, 2.24) is 35.5 Å². The summed E-state index contributed by atoms with van der Waals surface area (Å²) in [6, 6.07) is 12.6. The highest BCUT2D eigenvalue weighted by atomic mass is 35.5. The van der Waals surface area contributed by atoms with E-state index in [1.807, 2.05) is 24.3 Å². The maximum absolute atomic E-state index is 13.4. The third-order valence-electron chi connectivity index (χ3n) is 9.14. The van der Waals surface area contributed by atoms with Crippen LogP contribution in [0.2, 0.25) is 10.0 Å². The van der Waals surface area contributed by atoms with Gasteiger partial charge in [-0.25, -0.2) is 15.0 Å². The fourth-order valence-corrected chi connectivity index (χ4v) is 8.25. The van der Waals surface area contributed by atoms with Gasteiger partial charge in [-0.3, -0.25) is 19.5 Å². The molecule has 2 saturated heterocycles. The first kappa shape index (κ1) is 36.8. The van der Waals surface area contributed by atoms with Crippen molar-refractivity contribution in [3.05, 3.63) is 75.6 Å². The van der Waals surface area contributed by atoms with Gasteiger partial charge in [-0.15, -0.1) is 11.3 Å². The van der Waals surface area contributed by atoms with Gasteiger partial charge in [-0.2, -0.15) is 8.78 Å². The van der Waals surface area contributed by atoms with Gasteiger partial charge in [0.1, 0.15) is 16.2 Å². The smallest absolute Gasteiger partial charge is 0.388 e. The highest BCUT2D eigenvalue weighted by Crippen LogP contribution is 2.42. The molecule has 0 spiro atoms. The molecule has 3 aromatic heterocycles. The Kier molecular flexibility index (Phi) is 11.3. The summed E-state index contributed by atoms with van der Waals surface area (Å²) in [4.78, 5) is 43.1. The standard InChI is InChI=1S/C36H34Cl2F2N8O4S/c37-31-21(3-1-5-23(31)25-16-43-26(35(46-25)52-36(39)40)15-41-14-20-7-8-28(49)44-20)22-4-2-6-24(32(22)38)45-34-33-27(9-11-42-34)53-29(47-33)18-48-12-10-19(17-48)13-30(50)51/h1-6,9,11,16,19-20,36,41H,7-8,10,12-15,17-18H2,(H,42,45)(H,44,49)(H,50,51)/t19?,20-/m0/s1. The zero-order valence-electron chi connectivity index (χ0n) is 28.1. The minimum atomic E-state index is -3.12. The van der Waals surface area contributed by atoms with Crippen LogP contribution in [0.4, 0.5) is 20.3 Å². The van der Waals surface area contributed by atoms with Crippen LogP contribution in [0.15, 0.2) is 54.9 Å². The Morgan fingerprint density at radius 2 is 1.87 bits per heavy atom. The molecule has 2 aliphatic heterocycles. The number of nitrogens with one attached hydrogen (secondary N) is 3. The number of aliphatic carboxylic acids is 1. The molecule has 7 rings (SSSR count). The van der Waals surface area contributed by atoms with E-state index >= 15 is 0 Å². The van der Waals surface area contributed by atoms with Gasteiger partial charge in [-0.1, -0.05) is 53.5 Å². The molecule has 2 fully saturated rings. The van der Waals surface area contributed by atoms with E-state index in [2.05, 4.69) is 35.8 Å². The van der Waals surface area contributed by atoms with Crippen LogP contribution in [-0.2, 0) is 22.7 Å². The summed E-state index contributed by atoms with van der Waals surface area (Å²) in [7, 11) is 0. The largest absolute Gasteiger partial charge is 0.481 e. The molecule has 0 aliphatic carbocycles. The lowest BCUT2D eigenvalue weighted by atomic mass is 10.0. The average molecular weight is 784 g/mol. The second-order valence-electron chi connectivity index (χ2n) is 12.9. The second-order valence-corrected chi connectivity index (χ2v) is 14.8. The zero-order chi connectivity index (χ0) is 37.1. The zero-order valence-corrected chi connectivity index (χ0v) is 30.4. The number of halogens is 4. The van der Waals surface area contributed by atoms with Gasteiger partial charge < -0.3 is 25.8 Å². The third kappa shape index (κ3) is 8.65. The number of hydrogen-bond donors (Lipinski definition) is 4. The first-order chi connectivity index (χ1) is 25.6. The maximum Gasteiger partial charge on any atom is 0.388 e. The normalized spacial score (nSPS) is 17.5. The topological polar surface area (TPSA) is 154 Å². The van der Waals surface area contributed by atoms with Crippen molar-refractivity contribution in [1.29, 1.82) is 0 Å². The van der Waals surface area contributed by atoms with Crippen LogP contribution in [0.3, 0.4) is 0 Å². The molecule has 2 aliphatic rings. The van der Waals surface area contributed by atoms with Crippen LogP contribution in [0, 0.1) is 5.92 Å². The van der Waals surface area contributed by atoms with Gasteiger partial charge in [0, 0.05) is 61.4 Å². The number of nitrogens with zero attached hydrogens (tertiary/aromatic N) is 5. The number of amides is 1. The molecule has 2 atom stereocenters. The van der Waals surface area contributed by atoms with Crippen LogP contribution >= 0.6 is 34.5 Å². The molecule has 5 heterocycles. The molecule has 5 aromatic rings. The van der Waals surface area contributed by atoms with E-state index in [1.165, 1.54) is 6.20 Å². The number of thiazole rings is 1. The number of hydrogen-bond acceptors (Lipinski definition) is 11. The molecular weight excluding hydrogens is 749 g/mol. The van der Waals surface area contributed by atoms with Gasteiger partial charge >= 0.3 is 12.6 Å². The average Bonchev–Trinajstić information content (AvgIpc) is 3.86. The Hall–Kier alpha value is -4.54. The third-order valence-corrected chi connectivity index (χ3v) is 11.0. The molecule has 0 saturated carbocycles. The van der Waals surface area contributed by atoms with E-state index in [1.54, 1.807) is 35.7 Å². The van der Waals surface area contributed by atoms with Crippen molar-refractivity contribution in [3.63, 3.8) is 0 Å². The Balaban J connectivity index is 1.10. The Labute approximate surface area is 316 Å². The lowest BCUT2D eigenvalue weighted by Crippen LogP contribution is -2.35. The Morgan fingerprint density at radius 3 is 2.64 bits per heavy atom. The molecule has 1 unspecified atom stereocenters. The van der Waals surface area contributed by atoms with Gasteiger partial charge in [-0.05, 0) is 37.4 Å². The molecule has 2 aromatic carbocycles. The Morgan fingerprint density at radius 1 is 1.08 bits per heavy atom. The first-order valence-corrected chi connectivity index (χ1v) is 18.5. The molecule has 0 bridgehead atoms. The van der Waals surface area contributed by atoms with Crippen molar-refractivity contribution in [2.24, 2.45) is 5.92 Å². The van der Waals surface area contributed by atoms with Crippen molar-refractivity contribution < 1.29 is 28.2 Å². The fraction of sp³-hybridized carbons (Fsp3) is 0.333. The number of fused-ring (bicyclic) bond motifs is 1. The summed E-state index contributed by atoms with van der Waals surface area (Å²) in [5.41, 5.74) is 3.30. The van der Waals surface area contributed by atoms with Gasteiger partial charge in [0.15, 0.2) is 5.82 Å². The predicted octanol–water partition coefficient (Wildman–Crippen LogP) is 7.13. The first-order valence-electron chi connectivity index (χ1n) is 17.0. The number of carboxylic acids is 1. The van der Waals surface area contributed by atoms with Crippen molar-refractivity contribution in [3.8, 4) is 28.3 Å². The van der Waals surface area contributed by atoms with Gasteiger partial charge in [0.2, 0.25) is 11.8 Å². The second kappa shape index (κ2) is 16.2. The number of anilines is 2. The Bertz CT molecular complexity index is 2160. The van der Waals surface area contributed by atoms with E-state index in [4.69, 9.17) is 38.0 Å². The van der Waals surface area contributed by atoms with E-state index in [9.17, 15) is 18.4 Å². The van der Waals surface area contributed by atoms with Crippen LogP contribution in [-0.4, -0.2) is 74.1 Å². The van der Waals surface area contributed by atoms with Gasteiger partial charge in [0.05, 0.1) is 38.9 Å². The number of likely N-dealkylation sites (tertiary alicyclic amines) is 1. The number of rotatable bonds is 14. The number of carboxylic acid groups (broad SMARTS) is 1. The molecule has 1 amide bonds. The summed E-state index contributed by atoms with van der Waals surface area (Å²) in [6.45, 7) is -0.404. The number of benzene rings is 2. The SMILES string of the molecule is O=C(O)CC1CCN(Cc2nc3c(Nc4cccc(-c5cccc(-c6cnc(CNC[C@@H]7CCC(=O)N7)c(OC(F)F)n6)c5Cl)c4Cl)nccc3s2)C1. The quantitative estimate of drug-likeness (QED) is 0.0910. The summed E-state index contributed by atoms with van der Waals surface area (Å²) >= 11 is 15.6. The van der Waals surface area contributed by atoms with E-state index in [-0.39, 0.29) is 53.1 Å². The van der Waals surface area contributed by atoms with Gasteiger partial charge in [0.25, 0.3) is 0 Å². The molecule has 0 radical (unpaired) electrons. The molecule has 276 valence electrons. The highest BCUT2D eigenvalue weighted by Gasteiger charge is 2.26. The van der Waals surface area contributed by atoms with Crippen molar-refractivity contribution in [2.45, 2.75) is 51.4 Å². The minimum Gasteiger partial charge on any atom is -0.481 e. The maximum atomic E-state index is 13.4. The molecule has 17 heteroatoms. The lowest BCUT2D eigenvalue weighted by Gasteiger charge is -2.16. The van der Waals surface area contributed by atoms with Crippen LogP contribution in [0.1, 0.15) is 36.4 Å². The summed E-state index contributed by atoms with van der Waals surface area (Å²) < 4.78 is 32.6. The molecule has 53 heavy (non-hydrogen) atoms. The monoisotopic (exact) mass is 782 g/mol. The van der Waals surface area contributed by atoms with Crippen molar-refractivity contribution >= 4 is 68.1 Å². The summed E-state index contributed by atoms with van der Waals surface area (Å²) in [5.74, 6) is -0.457. The van der Waals surface area contributed by atoms with Crippen molar-refractivity contribution in [2.75, 3.05) is 25.0 Å². The van der Waals surface area contributed by atoms with E-state index in [0.717, 1.165) is 29.2 Å². The van der Waals surface area contributed by atoms with Crippen LogP contribution < -0.4 is 20.7 Å². The molecule has 12 nitrogen and oxygen atoms in total. The number of carbonyl (C=O) groups is 2. The number of carbonyl (C=O) groups excluding carboxylic acids is 1. The fourth-order valence-electron chi connectivity index (χ4n) is 6.65. The summed E-state index contributed by atoms with van der Waals surface area (Å²) in [5, 5.41) is 20.0. The van der Waals surface area contributed by atoms with Crippen LogP contribution in [0.25, 0.3) is 32.6 Å². The van der Waals surface area contributed by atoms with Crippen LogP contribution in [0.5, 0.6) is 5.88 Å².